The van der Waals surface area contributed by atoms with Crippen molar-refractivity contribution in [3.05, 3.63) is 15.9 Å². The van der Waals surface area contributed by atoms with Crippen LogP contribution in [-0.4, -0.2) is 9.78 Å². The van der Waals surface area contributed by atoms with Crippen molar-refractivity contribution in [2.45, 2.75) is 37.8 Å². The number of halogens is 1. The van der Waals surface area contributed by atoms with E-state index in [0.29, 0.717) is 0 Å². The van der Waals surface area contributed by atoms with E-state index in [2.05, 4.69) is 46.5 Å². The molecule has 0 amide bonds. The van der Waals surface area contributed by atoms with E-state index in [4.69, 9.17) is 0 Å². The molecule has 0 saturated heterocycles. The maximum atomic E-state index is 4.52. The first kappa shape index (κ1) is 9.59. The summed E-state index contributed by atoms with van der Waals surface area (Å²) < 4.78 is 3.18. The normalized spacial score (nSPS) is 16.3. The predicted octanol–water partition coefficient (Wildman–Crippen LogP) is 3.15. The number of nitrogens with zero attached hydrogens (tertiary/aromatic N) is 2. The fourth-order valence-electron chi connectivity index (χ4n) is 1.55. The molecule has 0 radical (unpaired) electrons. The van der Waals surface area contributed by atoms with Crippen LogP contribution in [0.1, 0.15) is 32.0 Å². The number of aromatic nitrogens is 2. The van der Waals surface area contributed by atoms with Gasteiger partial charge in [-0.3, -0.25) is 4.68 Å². The van der Waals surface area contributed by atoms with E-state index < -0.39 is 0 Å². The third kappa shape index (κ3) is 1.54. The summed E-state index contributed by atoms with van der Waals surface area (Å²) in [5.41, 5.74) is 2.88. The molecule has 2 heterocycles. The van der Waals surface area contributed by atoms with Crippen LogP contribution in [0.25, 0.3) is 0 Å². The maximum Gasteiger partial charge on any atom is 0.132 e. The van der Waals surface area contributed by atoms with Crippen molar-refractivity contribution >= 4 is 27.7 Å². The molecule has 0 N–H and O–H groups in total. The molecule has 0 atom stereocenters. The molecule has 1 aliphatic rings. The van der Waals surface area contributed by atoms with Gasteiger partial charge in [-0.1, -0.05) is 0 Å². The van der Waals surface area contributed by atoms with E-state index in [9.17, 15) is 0 Å². The van der Waals surface area contributed by atoms with Crippen LogP contribution < -0.4 is 0 Å². The highest BCUT2D eigenvalue weighted by molar-refractivity contribution is 9.10. The van der Waals surface area contributed by atoms with Gasteiger partial charge in [0, 0.05) is 17.1 Å². The Morgan fingerprint density at radius 3 is 2.69 bits per heavy atom. The highest BCUT2D eigenvalue weighted by Gasteiger charge is 2.26. The van der Waals surface area contributed by atoms with E-state index in [-0.39, 0.29) is 5.54 Å². The first-order chi connectivity index (χ1) is 6.00. The zero-order valence-corrected chi connectivity index (χ0v) is 10.5. The quantitative estimate of drug-likeness (QED) is 0.714. The van der Waals surface area contributed by atoms with Crippen LogP contribution in [-0.2, 0) is 17.0 Å². The molecule has 13 heavy (non-hydrogen) atoms. The van der Waals surface area contributed by atoms with E-state index in [1.807, 2.05) is 11.8 Å². The lowest BCUT2D eigenvalue weighted by molar-refractivity contribution is 0.346. The molecule has 0 aliphatic carbocycles. The summed E-state index contributed by atoms with van der Waals surface area (Å²) in [6.45, 7) is 6.57. The highest BCUT2D eigenvalue weighted by atomic mass is 79.9. The van der Waals surface area contributed by atoms with Crippen molar-refractivity contribution in [2.24, 2.45) is 0 Å². The van der Waals surface area contributed by atoms with Gasteiger partial charge in [-0.2, -0.15) is 16.9 Å². The van der Waals surface area contributed by atoms with Crippen LogP contribution in [0.4, 0.5) is 0 Å². The fourth-order valence-corrected chi connectivity index (χ4v) is 3.36. The van der Waals surface area contributed by atoms with Crippen LogP contribution in [0.2, 0.25) is 0 Å². The van der Waals surface area contributed by atoms with Crippen molar-refractivity contribution in [1.29, 1.82) is 0 Å². The summed E-state index contributed by atoms with van der Waals surface area (Å²) >= 11 is 5.48. The molecule has 0 aromatic carbocycles. The Hall–Kier alpha value is 0.0400. The van der Waals surface area contributed by atoms with Gasteiger partial charge >= 0.3 is 0 Å². The predicted molar refractivity (Wildman–Crippen MR) is 59.9 cm³/mol. The molecular weight excluding hydrogens is 248 g/mol. The lowest BCUT2D eigenvalue weighted by Gasteiger charge is -2.21. The third-order valence-electron chi connectivity index (χ3n) is 2.16. The monoisotopic (exact) mass is 260 g/mol. The highest BCUT2D eigenvalue weighted by Crippen LogP contribution is 2.36. The van der Waals surface area contributed by atoms with E-state index in [1.54, 1.807) is 0 Å². The minimum absolute atomic E-state index is 0.0982. The van der Waals surface area contributed by atoms with Gasteiger partial charge < -0.3 is 0 Å². The first-order valence-corrected chi connectivity index (χ1v) is 6.29. The number of rotatable bonds is 0. The molecule has 1 aromatic rings. The van der Waals surface area contributed by atoms with Crippen molar-refractivity contribution < 1.29 is 0 Å². The molecule has 1 aliphatic heterocycles. The van der Waals surface area contributed by atoms with Gasteiger partial charge in [0.1, 0.15) is 4.60 Å². The molecule has 0 unspecified atom stereocenters. The van der Waals surface area contributed by atoms with Gasteiger partial charge in [0.05, 0.1) is 11.2 Å². The molecule has 0 spiro atoms. The van der Waals surface area contributed by atoms with Gasteiger partial charge in [0.15, 0.2) is 0 Å². The summed E-state index contributed by atoms with van der Waals surface area (Å²) in [5.74, 6) is 2.21. The second kappa shape index (κ2) is 3.02. The second-order valence-electron chi connectivity index (χ2n) is 4.29. The Kier molecular flexibility index (Phi) is 2.23. The van der Waals surface area contributed by atoms with Gasteiger partial charge in [-0.05, 0) is 36.7 Å². The second-order valence-corrected chi connectivity index (χ2v) is 6.03. The van der Waals surface area contributed by atoms with E-state index in [1.165, 1.54) is 11.3 Å². The van der Waals surface area contributed by atoms with Gasteiger partial charge in [0.25, 0.3) is 0 Å². The largest absolute Gasteiger partial charge is 0.262 e. The molecule has 2 nitrogen and oxygen atoms in total. The molecule has 4 heteroatoms. The smallest absolute Gasteiger partial charge is 0.132 e. The Morgan fingerprint density at radius 1 is 1.38 bits per heavy atom. The number of hydrogen-bond acceptors (Lipinski definition) is 2. The lowest BCUT2D eigenvalue weighted by atomic mass is 10.1. The lowest BCUT2D eigenvalue weighted by Crippen LogP contribution is -2.24. The Morgan fingerprint density at radius 2 is 2.08 bits per heavy atom. The summed E-state index contributed by atoms with van der Waals surface area (Å²) in [6, 6.07) is 0. The molecule has 1 aromatic heterocycles. The summed E-state index contributed by atoms with van der Waals surface area (Å²) in [5, 5.41) is 4.52. The zero-order chi connectivity index (χ0) is 9.64. The van der Waals surface area contributed by atoms with Crippen LogP contribution in [0.5, 0.6) is 0 Å². The minimum Gasteiger partial charge on any atom is -0.262 e. The van der Waals surface area contributed by atoms with Crippen molar-refractivity contribution in [1.82, 2.24) is 9.78 Å². The number of hydrogen-bond donors (Lipinski definition) is 0. The molecule has 0 saturated carbocycles. The van der Waals surface area contributed by atoms with E-state index in [0.717, 1.165) is 16.1 Å². The van der Waals surface area contributed by atoms with Gasteiger partial charge in [-0.15, -0.1) is 0 Å². The SMILES string of the molecule is CC(C)(C)n1nc(Br)c2c1CSC2. The molecular formula is C9H13BrN2S. The van der Waals surface area contributed by atoms with Crippen molar-refractivity contribution in [3.8, 4) is 0 Å². The summed E-state index contributed by atoms with van der Waals surface area (Å²) in [7, 11) is 0. The van der Waals surface area contributed by atoms with Gasteiger partial charge in [-0.25, -0.2) is 0 Å². The van der Waals surface area contributed by atoms with Crippen molar-refractivity contribution in [2.75, 3.05) is 0 Å². The average Bonchev–Trinajstić information content (AvgIpc) is 2.51. The van der Waals surface area contributed by atoms with E-state index >= 15 is 0 Å². The van der Waals surface area contributed by atoms with Crippen molar-refractivity contribution in [3.63, 3.8) is 0 Å². The Balaban J connectivity index is 2.55. The first-order valence-electron chi connectivity index (χ1n) is 4.34. The standard InChI is InChI=1S/C9H13BrN2S/c1-9(2,3)12-7-5-13-4-6(7)8(10)11-12/h4-5H2,1-3H3. The molecule has 0 bridgehead atoms. The maximum absolute atomic E-state index is 4.52. The van der Waals surface area contributed by atoms with Gasteiger partial charge in [0.2, 0.25) is 0 Å². The molecule has 0 fully saturated rings. The summed E-state index contributed by atoms with van der Waals surface area (Å²) in [6.07, 6.45) is 0. The fraction of sp³-hybridized carbons (Fsp3) is 0.667. The molecule has 2 rings (SSSR count). The number of fused-ring (bicyclic) bond motifs is 1. The Bertz CT molecular complexity index is 338. The van der Waals surface area contributed by atoms with Crippen LogP contribution in [0, 0.1) is 0 Å². The average molecular weight is 261 g/mol. The van der Waals surface area contributed by atoms with Crippen LogP contribution >= 0.6 is 27.7 Å². The third-order valence-corrected chi connectivity index (χ3v) is 3.77. The molecule has 72 valence electrons. The topological polar surface area (TPSA) is 17.8 Å². The summed E-state index contributed by atoms with van der Waals surface area (Å²) in [4.78, 5) is 0. The Labute approximate surface area is 91.2 Å². The zero-order valence-electron chi connectivity index (χ0n) is 8.09. The van der Waals surface area contributed by atoms with Crippen LogP contribution in [0.15, 0.2) is 4.60 Å². The van der Waals surface area contributed by atoms with Crippen LogP contribution in [0.3, 0.4) is 0 Å². The minimum atomic E-state index is 0.0982. The number of thioether (sulfide) groups is 1.